The first-order valence-electron chi connectivity index (χ1n) is 7.06. The van der Waals surface area contributed by atoms with E-state index < -0.39 is 22.8 Å². The van der Waals surface area contributed by atoms with Crippen LogP contribution in [0.4, 0.5) is 5.69 Å². The Morgan fingerprint density at radius 3 is 2.84 bits per heavy atom. The number of aliphatic carboxylic acids is 1. The van der Waals surface area contributed by atoms with Crippen molar-refractivity contribution in [2.45, 2.75) is 12.5 Å². The lowest BCUT2D eigenvalue weighted by atomic mass is 10.1. The number of carboxylic acid groups (broad SMARTS) is 1. The Balaban J connectivity index is 2.29. The van der Waals surface area contributed by atoms with Gasteiger partial charge in [0.1, 0.15) is 4.32 Å². The van der Waals surface area contributed by atoms with Crippen LogP contribution < -0.4 is 5.11 Å². The van der Waals surface area contributed by atoms with Crippen molar-refractivity contribution in [3.8, 4) is 0 Å². The van der Waals surface area contributed by atoms with Crippen LogP contribution in [0, 0.1) is 10.1 Å². The van der Waals surface area contributed by atoms with Gasteiger partial charge in [0.15, 0.2) is 0 Å². The van der Waals surface area contributed by atoms with Crippen LogP contribution in [-0.4, -0.2) is 44.1 Å². The third kappa shape index (κ3) is 4.59. The van der Waals surface area contributed by atoms with Gasteiger partial charge in [-0.25, -0.2) is 0 Å². The summed E-state index contributed by atoms with van der Waals surface area (Å²) in [5, 5.41) is 22.2. The van der Waals surface area contributed by atoms with Crippen molar-refractivity contribution in [1.82, 2.24) is 4.90 Å². The molecular formula is C15H13N2O5S3-. The summed E-state index contributed by atoms with van der Waals surface area (Å²) in [5.74, 6) is -1.35. The summed E-state index contributed by atoms with van der Waals surface area (Å²) in [7, 11) is 0. The first kappa shape index (κ1) is 19.4. The zero-order valence-electron chi connectivity index (χ0n) is 13.0. The first-order chi connectivity index (χ1) is 11.8. The normalized spacial score (nSPS) is 17.2. The van der Waals surface area contributed by atoms with E-state index in [1.807, 2.05) is 6.26 Å². The first-order valence-corrected chi connectivity index (χ1v) is 9.68. The number of thiocarbonyl (C=S) groups is 1. The second-order valence-electron chi connectivity index (χ2n) is 5.02. The highest BCUT2D eigenvalue weighted by molar-refractivity contribution is 8.26. The number of non-ortho nitro benzene ring substituents is 1. The Morgan fingerprint density at radius 2 is 2.24 bits per heavy atom. The molecule has 1 aromatic carbocycles. The van der Waals surface area contributed by atoms with Gasteiger partial charge < -0.3 is 9.90 Å². The van der Waals surface area contributed by atoms with Crippen molar-refractivity contribution < 1.29 is 19.6 Å². The van der Waals surface area contributed by atoms with Gasteiger partial charge in [-0.15, -0.1) is 0 Å². The molecule has 25 heavy (non-hydrogen) atoms. The van der Waals surface area contributed by atoms with Gasteiger partial charge in [0.05, 0.1) is 21.8 Å². The van der Waals surface area contributed by atoms with E-state index in [1.165, 1.54) is 36.0 Å². The molecule has 1 saturated heterocycles. The molecule has 0 aromatic heterocycles. The van der Waals surface area contributed by atoms with Crippen LogP contribution >= 0.6 is 35.7 Å². The highest BCUT2D eigenvalue weighted by Gasteiger charge is 2.37. The number of nitrogens with zero attached hydrogens (tertiary/aromatic N) is 2. The van der Waals surface area contributed by atoms with Crippen molar-refractivity contribution in [1.29, 1.82) is 0 Å². The minimum atomic E-state index is -1.36. The Labute approximate surface area is 157 Å². The van der Waals surface area contributed by atoms with Crippen LogP contribution in [0.25, 0.3) is 6.08 Å². The Morgan fingerprint density at radius 1 is 1.52 bits per heavy atom. The van der Waals surface area contributed by atoms with E-state index in [2.05, 4.69) is 0 Å². The van der Waals surface area contributed by atoms with Crippen LogP contribution in [0.15, 0.2) is 29.2 Å². The lowest BCUT2D eigenvalue weighted by Gasteiger charge is -2.27. The van der Waals surface area contributed by atoms with Crippen LogP contribution in [0.3, 0.4) is 0 Å². The molecule has 0 N–H and O–H groups in total. The maximum Gasteiger partial charge on any atom is 0.270 e. The van der Waals surface area contributed by atoms with Gasteiger partial charge in [0, 0.05) is 12.1 Å². The van der Waals surface area contributed by atoms with Gasteiger partial charge in [-0.2, -0.15) is 11.8 Å². The summed E-state index contributed by atoms with van der Waals surface area (Å²) in [5.41, 5.74) is 0.362. The Kier molecular flexibility index (Phi) is 6.57. The van der Waals surface area contributed by atoms with Gasteiger partial charge >= 0.3 is 0 Å². The molecule has 10 heteroatoms. The Hall–Kier alpha value is -1.91. The van der Waals surface area contributed by atoms with Crippen LogP contribution in [0.5, 0.6) is 0 Å². The molecule has 1 aromatic rings. The number of amides is 1. The number of thioether (sulfide) groups is 2. The zero-order valence-corrected chi connectivity index (χ0v) is 15.5. The number of carbonyl (C=O) groups is 2. The maximum absolute atomic E-state index is 12.6. The van der Waals surface area contributed by atoms with Gasteiger partial charge in [-0.3, -0.25) is 19.8 Å². The van der Waals surface area contributed by atoms with Crippen molar-refractivity contribution >= 4 is 63.7 Å². The predicted molar refractivity (Wildman–Crippen MR) is 99.9 cm³/mol. The van der Waals surface area contributed by atoms with E-state index in [9.17, 15) is 24.8 Å². The summed E-state index contributed by atoms with van der Waals surface area (Å²) in [6, 6.07) is 4.67. The lowest BCUT2D eigenvalue weighted by molar-refractivity contribution is -0.384. The van der Waals surface area contributed by atoms with E-state index >= 15 is 0 Å². The molecule has 2 rings (SSSR count). The molecule has 1 amide bonds. The second kappa shape index (κ2) is 8.45. The SMILES string of the molecule is CSCC[C@@H](C(=O)[O-])N1C(=O)/C(=C\c2cccc([N+](=O)[O-])c2)SC1=S. The number of benzene rings is 1. The largest absolute Gasteiger partial charge is 0.548 e. The maximum atomic E-state index is 12.6. The third-order valence-corrected chi connectivity index (χ3v) is 5.36. The van der Waals surface area contributed by atoms with Crippen LogP contribution in [0.1, 0.15) is 12.0 Å². The smallest absolute Gasteiger partial charge is 0.270 e. The van der Waals surface area contributed by atoms with Crippen LogP contribution in [0.2, 0.25) is 0 Å². The fourth-order valence-electron chi connectivity index (χ4n) is 2.21. The highest BCUT2D eigenvalue weighted by atomic mass is 32.2. The number of hydrogen-bond donors (Lipinski definition) is 0. The molecule has 0 bridgehead atoms. The summed E-state index contributed by atoms with van der Waals surface area (Å²) in [6.45, 7) is 0. The van der Waals surface area contributed by atoms with E-state index in [0.717, 1.165) is 16.7 Å². The highest BCUT2D eigenvalue weighted by Crippen LogP contribution is 2.35. The van der Waals surface area contributed by atoms with Crippen molar-refractivity contribution in [2.75, 3.05) is 12.0 Å². The monoisotopic (exact) mass is 397 g/mol. The number of rotatable bonds is 7. The van der Waals surface area contributed by atoms with Gasteiger partial charge in [0.2, 0.25) is 0 Å². The van der Waals surface area contributed by atoms with E-state index in [-0.39, 0.29) is 21.3 Å². The molecule has 7 nitrogen and oxygen atoms in total. The Bertz CT molecular complexity index is 765. The third-order valence-electron chi connectivity index (χ3n) is 3.38. The fourth-order valence-corrected chi connectivity index (χ4v) is 4.03. The molecule has 1 heterocycles. The molecule has 0 radical (unpaired) electrons. The molecule has 0 unspecified atom stereocenters. The minimum Gasteiger partial charge on any atom is -0.548 e. The summed E-state index contributed by atoms with van der Waals surface area (Å²) < 4.78 is 0.136. The standard InChI is InChI=1S/C15H14N2O5S3/c1-24-6-5-11(14(19)20)16-13(18)12(25-15(16)23)8-9-3-2-4-10(7-9)17(21)22/h2-4,7-8,11H,5-6H2,1H3,(H,19,20)/p-1/b12-8+/t11-/m0/s1. The minimum absolute atomic E-state index is 0.100. The predicted octanol–water partition coefficient (Wildman–Crippen LogP) is 1.67. The molecule has 0 aliphatic carbocycles. The molecule has 0 saturated carbocycles. The molecular weight excluding hydrogens is 384 g/mol. The van der Waals surface area contributed by atoms with Gasteiger partial charge in [-0.05, 0) is 30.1 Å². The topological polar surface area (TPSA) is 104 Å². The zero-order chi connectivity index (χ0) is 18.6. The van der Waals surface area contributed by atoms with E-state index in [4.69, 9.17) is 12.2 Å². The van der Waals surface area contributed by atoms with E-state index in [0.29, 0.717) is 11.3 Å². The fraction of sp³-hybridized carbons (Fsp3) is 0.267. The number of carboxylic acids is 1. The average molecular weight is 397 g/mol. The quantitative estimate of drug-likeness (QED) is 0.296. The molecule has 1 fully saturated rings. The summed E-state index contributed by atoms with van der Waals surface area (Å²) in [6.07, 6.45) is 3.52. The second-order valence-corrected chi connectivity index (χ2v) is 7.68. The number of carbonyl (C=O) groups excluding carboxylic acids is 2. The molecule has 0 spiro atoms. The van der Waals surface area contributed by atoms with Crippen molar-refractivity contribution in [2.24, 2.45) is 0 Å². The van der Waals surface area contributed by atoms with Crippen LogP contribution in [-0.2, 0) is 9.59 Å². The van der Waals surface area contributed by atoms with Gasteiger partial charge in [-0.1, -0.05) is 36.1 Å². The number of hydrogen-bond acceptors (Lipinski definition) is 8. The average Bonchev–Trinajstić information content (AvgIpc) is 2.83. The molecule has 132 valence electrons. The number of nitro groups is 1. The van der Waals surface area contributed by atoms with Crippen molar-refractivity contribution in [3.63, 3.8) is 0 Å². The molecule has 1 aliphatic rings. The summed E-state index contributed by atoms with van der Waals surface area (Å²) in [4.78, 5) is 35.5. The van der Waals surface area contributed by atoms with Gasteiger partial charge in [0.25, 0.3) is 11.6 Å². The molecule has 1 atom stereocenters. The number of nitro benzene ring substituents is 1. The molecule has 1 aliphatic heterocycles. The summed E-state index contributed by atoms with van der Waals surface area (Å²) >= 11 is 7.58. The van der Waals surface area contributed by atoms with E-state index in [1.54, 1.807) is 6.07 Å². The van der Waals surface area contributed by atoms with Crippen molar-refractivity contribution in [3.05, 3.63) is 44.8 Å². The lowest BCUT2D eigenvalue weighted by Crippen LogP contribution is -2.50.